The van der Waals surface area contributed by atoms with Crippen molar-refractivity contribution in [2.24, 2.45) is 0 Å². The number of furan rings is 1. The molecule has 19 heavy (non-hydrogen) atoms. The number of hydrogen-bond donors (Lipinski definition) is 1. The molecule has 0 saturated carbocycles. The topological polar surface area (TPSA) is 51.5 Å². The maximum Gasteiger partial charge on any atom is 0.261 e. The standard InChI is InChI=1S/C14H14BrNO3/c1-10(19-13-7-3-2-6-12(13)15)14(17)16-9-11-5-4-8-18-11/h2-8,10H,9H2,1H3,(H,16,17). The van der Waals surface area contributed by atoms with Gasteiger partial charge in [-0.1, -0.05) is 12.1 Å². The van der Waals surface area contributed by atoms with Gasteiger partial charge in [0, 0.05) is 0 Å². The average Bonchev–Trinajstić information content (AvgIpc) is 2.91. The zero-order valence-electron chi connectivity index (χ0n) is 10.4. The molecule has 0 radical (unpaired) electrons. The first-order valence-corrected chi connectivity index (χ1v) is 6.67. The quantitative estimate of drug-likeness (QED) is 0.919. The number of rotatable bonds is 5. The molecule has 1 N–H and O–H groups in total. The van der Waals surface area contributed by atoms with Crippen LogP contribution in [0.2, 0.25) is 0 Å². The third-order valence-electron chi connectivity index (χ3n) is 2.53. The van der Waals surface area contributed by atoms with E-state index < -0.39 is 6.10 Å². The van der Waals surface area contributed by atoms with Gasteiger partial charge in [-0.2, -0.15) is 0 Å². The van der Waals surface area contributed by atoms with Crippen molar-refractivity contribution >= 4 is 21.8 Å². The van der Waals surface area contributed by atoms with Gasteiger partial charge in [0.05, 0.1) is 17.3 Å². The predicted molar refractivity (Wildman–Crippen MR) is 74.8 cm³/mol. The third kappa shape index (κ3) is 3.86. The van der Waals surface area contributed by atoms with Crippen LogP contribution in [0.1, 0.15) is 12.7 Å². The Balaban J connectivity index is 1.87. The molecule has 0 aliphatic carbocycles. The first kappa shape index (κ1) is 13.7. The monoisotopic (exact) mass is 323 g/mol. The number of benzene rings is 1. The number of carbonyl (C=O) groups is 1. The zero-order valence-corrected chi connectivity index (χ0v) is 12.0. The van der Waals surface area contributed by atoms with Gasteiger partial charge in [0.25, 0.3) is 5.91 Å². The van der Waals surface area contributed by atoms with Crippen LogP contribution in [0.4, 0.5) is 0 Å². The molecular formula is C14H14BrNO3. The molecule has 0 bridgehead atoms. The summed E-state index contributed by atoms with van der Waals surface area (Å²) in [5, 5.41) is 2.75. The molecule has 2 aromatic rings. The molecule has 1 unspecified atom stereocenters. The Kier molecular flexibility index (Phi) is 4.63. The fourth-order valence-electron chi connectivity index (χ4n) is 1.52. The van der Waals surface area contributed by atoms with Crippen molar-refractivity contribution in [1.29, 1.82) is 0 Å². The van der Waals surface area contributed by atoms with E-state index >= 15 is 0 Å². The lowest BCUT2D eigenvalue weighted by molar-refractivity contribution is -0.127. The van der Waals surface area contributed by atoms with Crippen molar-refractivity contribution in [3.8, 4) is 5.75 Å². The first-order chi connectivity index (χ1) is 9.16. The van der Waals surface area contributed by atoms with Gasteiger partial charge in [0.2, 0.25) is 0 Å². The Morgan fingerprint density at radius 3 is 2.84 bits per heavy atom. The number of carbonyl (C=O) groups excluding carboxylic acids is 1. The van der Waals surface area contributed by atoms with E-state index in [0.29, 0.717) is 18.1 Å². The van der Waals surface area contributed by atoms with Crippen LogP contribution in [0.5, 0.6) is 5.75 Å². The Bertz CT molecular complexity index is 539. The molecule has 100 valence electrons. The highest BCUT2D eigenvalue weighted by molar-refractivity contribution is 9.10. The molecule has 1 amide bonds. The lowest BCUT2D eigenvalue weighted by atomic mass is 10.3. The maximum atomic E-state index is 11.9. The lowest BCUT2D eigenvalue weighted by Crippen LogP contribution is -2.35. The summed E-state index contributed by atoms with van der Waals surface area (Å²) in [6.45, 7) is 2.06. The van der Waals surface area contributed by atoms with Crippen molar-refractivity contribution in [3.05, 3.63) is 52.9 Å². The van der Waals surface area contributed by atoms with Gasteiger partial charge in [-0.05, 0) is 47.1 Å². The zero-order chi connectivity index (χ0) is 13.7. The molecule has 0 aliphatic heterocycles. The number of hydrogen-bond acceptors (Lipinski definition) is 3. The number of ether oxygens (including phenoxy) is 1. The minimum Gasteiger partial charge on any atom is -0.480 e. The Morgan fingerprint density at radius 1 is 1.37 bits per heavy atom. The molecule has 1 atom stereocenters. The Labute approximate surface area is 119 Å². The highest BCUT2D eigenvalue weighted by Gasteiger charge is 2.15. The highest BCUT2D eigenvalue weighted by Crippen LogP contribution is 2.24. The van der Waals surface area contributed by atoms with E-state index in [9.17, 15) is 4.79 Å². The van der Waals surface area contributed by atoms with Crippen molar-refractivity contribution in [2.75, 3.05) is 0 Å². The maximum absolute atomic E-state index is 11.9. The molecule has 0 aliphatic rings. The van der Waals surface area contributed by atoms with Gasteiger partial charge in [0.15, 0.2) is 6.10 Å². The van der Waals surface area contributed by atoms with E-state index in [1.54, 1.807) is 31.4 Å². The molecule has 1 aromatic carbocycles. The van der Waals surface area contributed by atoms with E-state index in [2.05, 4.69) is 21.2 Å². The molecule has 1 heterocycles. The lowest BCUT2D eigenvalue weighted by Gasteiger charge is -2.15. The van der Waals surface area contributed by atoms with E-state index in [0.717, 1.165) is 4.47 Å². The summed E-state index contributed by atoms with van der Waals surface area (Å²) in [6.07, 6.45) is 0.997. The largest absolute Gasteiger partial charge is 0.480 e. The Morgan fingerprint density at radius 2 is 2.16 bits per heavy atom. The second kappa shape index (κ2) is 6.43. The number of amides is 1. The summed E-state index contributed by atoms with van der Waals surface area (Å²) in [7, 11) is 0. The second-order valence-electron chi connectivity index (χ2n) is 3.99. The number of halogens is 1. The summed E-state index contributed by atoms with van der Waals surface area (Å²) >= 11 is 3.37. The van der Waals surface area contributed by atoms with Crippen LogP contribution in [0, 0.1) is 0 Å². The van der Waals surface area contributed by atoms with Crippen molar-refractivity contribution < 1.29 is 13.9 Å². The second-order valence-corrected chi connectivity index (χ2v) is 4.84. The molecule has 2 rings (SSSR count). The number of nitrogens with one attached hydrogen (secondary N) is 1. The van der Waals surface area contributed by atoms with Crippen molar-refractivity contribution in [2.45, 2.75) is 19.6 Å². The van der Waals surface area contributed by atoms with Crippen LogP contribution in [0.25, 0.3) is 0 Å². The van der Waals surface area contributed by atoms with E-state index in [-0.39, 0.29) is 5.91 Å². The van der Waals surface area contributed by atoms with Crippen LogP contribution in [0.3, 0.4) is 0 Å². The minimum absolute atomic E-state index is 0.188. The number of para-hydroxylation sites is 1. The van der Waals surface area contributed by atoms with Gasteiger partial charge in [-0.15, -0.1) is 0 Å². The SMILES string of the molecule is CC(Oc1ccccc1Br)C(=O)NCc1ccco1. The van der Waals surface area contributed by atoms with Gasteiger partial charge >= 0.3 is 0 Å². The fraction of sp³-hybridized carbons (Fsp3) is 0.214. The first-order valence-electron chi connectivity index (χ1n) is 5.88. The third-order valence-corrected chi connectivity index (χ3v) is 3.18. The summed E-state index contributed by atoms with van der Waals surface area (Å²) in [4.78, 5) is 11.9. The molecule has 4 nitrogen and oxygen atoms in total. The fourth-order valence-corrected chi connectivity index (χ4v) is 1.89. The average molecular weight is 324 g/mol. The molecule has 1 aromatic heterocycles. The van der Waals surface area contributed by atoms with Gasteiger partial charge in [-0.3, -0.25) is 4.79 Å². The van der Waals surface area contributed by atoms with Crippen LogP contribution >= 0.6 is 15.9 Å². The van der Waals surface area contributed by atoms with Crippen LogP contribution < -0.4 is 10.1 Å². The molecular weight excluding hydrogens is 310 g/mol. The van der Waals surface area contributed by atoms with Crippen LogP contribution in [-0.2, 0) is 11.3 Å². The Hall–Kier alpha value is -1.75. The molecule has 0 fully saturated rings. The highest BCUT2D eigenvalue weighted by atomic mass is 79.9. The van der Waals surface area contributed by atoms with Crippen LogP contribution in [-0.4, -0.2) is 12.0 Å². The van der Waals surface area contributed by atoms with Gasteiger partial charge in [-0.25, -0.2) is 0 Å². The summed E-state index contributed by atoms with van der Waals surface area (Å²) < 4.78 is 11.5. The molecule has 0 saturated heterocycles. The van der Waals surface area contributed by atoms with Crippen molar-refractivity contribution in [1.82, 2.24) is 5.32 Å². The van der Waals surface area contributed by atoms with E-state index in [4.69, 9.17) is 9.15 Å². The van der Waals surface area contributed by atoms with Crippen LogP contribution in [0.15, 0.2) is 51.6 Å². The van der Waals surface area contributed by atoms with E-state index in [1.807, 2.05) is 18.2 Å². The smallest absolute Gasteiger partial charge is 0.261 e. The van der Waals surface area contributed by atoms with Crippen molar-refractivity contribution in [3.63, 3.8) is 0 Å². The predicted octanol–water partition coefficient (Wildman–Crippen LogP) is 3.13. The summed E-state index contributed by atoms with van der Waals surface area (Å²) in [5.74, 6) is 1.16. The summed E-state index contributed by atoms with van der Waals surface area (Å²) in [5.41, 5.74) is 0. The normalized spacial score (nSPS) is 11.9. The van der Waals surface area contributed by atoms with Gasteiger partial charge < -0.3 is 14.5 Å². The summed E-state index contributed by atoms with van der Waals surface area (Å²) in [6, 6.07) is 11.0. The van der Waals surface area contributed by atoms with E-state index in [1.165, 1.54) is 0 Å². The minimum atomic E-state index is -0.575. The van der Waals surface area contributed by atoms with Gasteiger partial charge in [0.1, 0.15) is 11.5 Å². The molecule has 0 spiro atoms. The molecule has 5 heteroatoms.